The minimum Gasteiger partial charge on any atom is -0.378 e. The quantitative estimate of drug-likeness (QED) is 0.758. The highest BCUT2D eigenvalue weighted by atomic mass is 32.1. The second-order valence-corrected chi connectivity index (χ2v) is 5.22. The van der Waals surface area contributed by atoms with Gasteiger partial charge in [0.2, 0.25) is 0 Å². The number of hydrogen-bond donors (Lipinski definition) is 0. The predicted molar refractivity (Wildman–Crippen MR) is 67.4 cm³/mol. The van der Waals surface area contributed by atoms with Crippen LogP contribution in [0.2, 0.25) is 0 Å². The van der Waals surface area contributed by atoms with Gasteiger partial charge in [-0.15, -0.1) is 11.3 Å². The lowest BCUT2D eigenvalue weighted by Gasteiger charge is -2.28. The molecule has 1 aromatic heterocycles. The van der Waals surface area contributed by atoms with Crippen molar-refractivity contribution in [3.63, 3.8) is 0 Å². The Morgan fingerprint density at radius 3 is 2.94 bits per heavy atom. The molecule has 1 saturated heterocycles. The fourth-order valence-corrected chi connectivity index (χ4v) is 2.86. The van der Waals surface area contributed by atoms with Crippen LogP contribution in [-0.4, -0.2) is 31.3 Å². The summed E-state index contributed by atoms with van der Waals surface area (Å²) in [7, 11) is 0. The van der Waals surface area contributed by atoms with Crippen LogP contribution in [0, 0.1) is 6.92 Å². The summed E-state index contributed by atoms with van der Waals surface area (Å²) in [5.41, 5.74) is 2.38. The summed E-state index contributed by atoms with van der Waals surface area (Å²) in [5, 5.41) is 1.13. The van der Waals surface area contributed by atoms with Crippen LogP contribution in [0.3, 0.4) is 0 Å². The zero-order valence-electron chi connectivity index (χ0n) is 9.27. The first-order chi connectivity index (χ1) is 7.83. The molecule has 3 rings (SSSR count). The molecular formula is C12H14N2OS. The maximum Gasteiger partial charge on any atom is 0.0907 e. The molecule has 1 aliphatic rings. The number of aromatic nitrogens is 1. The molecule has 0 amide bonds. The number of ether oxygens (including phenoxy) is 1. The molecule has 4 heteroatoms. The largest absolute Gasteiger partial charge is 0.378 e. The molecule has 0 bridgehead atoms. The van der Waals surface area contributed by atoms with Gasteiger partial charge in [-0.3, -0.25) is 0 Å². The van der Waals surface area contributed by atoms with Gasteiger partial charge in [-0.2, -0.15) is 0 Å². The molecule has 1 aromatic carbocycles. The van der Waals surface area contributed by atoms with Crippen LogP contribution in [-0.2, 0) is 4.74 Å². The summed E-state index contributed by atoms with van der Waals surface area (Å²) in [6.07, 6.45) is 0. The van der Waals surface area contributed by atoms with E-state index >= 15 is 0 Å². The standard InChI is InChI=1S/C12H14N2OS/c1-9-13-11-8-10(2-3-12(11)16-9)14-4-6-15-7-5-14/h2-3,8H,4-7H2,1H3. The maximum absolute atomic E-state index is 5.36. The summed E-state index contributed by atoms with van der Waals surface area (Å²) in [6.45, 7) is 5.67. The molecule has 16 heavy (non-hydrogen) atoms. The maximum atomic E-state index is 5.36. The van der Waals surface area contributed by atoms with Crippen LogP contribution in [0.1, 0.15) is 5.01 Å². The minimum absolute atomic E-state index is 0.828. The molecule has 0 radical (unpaired) electrons. The predicted octanol–water partition coefficient (Wildman–Crippen LogP) is 2.44. The Balaban J connectivity index is 1.97. The summed E-state index contributed by atoms with van der Waals surface area (Å²) < 4.78 is 6.63. The molecule has 0 atom stereocenters. The van der Waals surface area contributed by atoms with Gasteiger partial charge >= 0.3 is 0 Å². The second kappa shape index (κ2) is 4.03. The van der Waals surface area contributed by atoms with Crippen molar-refractivity contribution in [1.29, 1.82) is 0 Å². The first-order valence-corrected chi connectivity index (χ1v) is 6.34. The zero-order valence-corrected chi connectivity index (χ0v) is 10.1. The molecule has 0 N–H and O–H groups in total. The Labute approximate surface area is 98.7 Å². The fourth-order valence-electron chi connectivity index (χ4n) is 2.05. The van der Waals surface area contributed by atoms with Crippen LogP contribution in [0.15, 0.2) is 18.2 Å². The third kappa shape index (κ3) is 1.79. The van der Waals surface area contributed by atoms with E-state index in [9.17, 15) is 0 Å². The molecule has 3 nitrogen and oxygen atoms in total. The van der Waals surface area contributed by atoms with Gasteiger partial charge in [0.1, 0.15) is 0 Å². The smallest absolute Gasteiger partial charge is 0.0907 e. The van der Waals surface area contributed by atoms with Crippen molar-refractivity contribution in [2.24, 2.45) is 0 Å². The number of benzene rings is 1. The van der Waals surface area contributed by atoms with Gasteiger partial charge in [0.25, 0.3) is 0 Å². The molecule has 0 spiro atoms. The van der Waals surface area contributed by atoms with Crippen LogP contribution >= 0.6 is 11.3 Å². The third-order valence-electron chi connectivity index (χ3n) is 2.85. The number of aryl methyl sites for hydroxylation is 1. The number of anilines is 1. The van der Waals surface area contributed by atoms with E-state index < -0.39 is 0 Å². The topological polar surface area (TPSA) is 25.4 Å². The van der Waals surface area contributed by atoms with Crippen molar-refractivity contribution in [3.8, 4) is 0 Å². The van der Waals surface area contributed by atoms with E-state index in [4.69, 9.17) is 4.74 Å². The van der Waals surface area contributed by atoms with Gasteiger partial charge in [0.15, 0.2) is 0 Å². The average Bonchev–Trinajstić information content (AvgIpc) is 2.69. The summed E-state index contributed by atoms with van der Waals surface area (Å²) in [4.78, 5) is 6.89. The normalized spacial score (nSPS) is 16.9. The van der Waals surface area contributed by atoms with E-state index in [2.05, 4.69) is 35.0 Å². The lowest BCUT2D eigenvalue weighted by molar-refractivity contribution is 0.122. The first kappa shape index (κ1) is 10.1. The van der Waals surface area contributed by atoms with Crippen molar-refractivity contribution in [3.05, 3.63) is 23.2 Å². The molecule has 84 valence electrons. The van der Waals surface area contributed by atoms with Gasteiger partial charge in [-0.05, 0) is 25.1 Å². The second-order valence-electron chi connectivity index (χ2n) is 3.98. The molecule has 0 aliphatic carbocycles. The molecule has 1 aliphatic heterocycles. The van der Waals surface area contributed by atoms with Gasteiger partial charge in [-0.1, -0.05) is 0 Å². The van der Waals surface area contributed by atoms with Crippen LogP contribution < -0.4 is 4.90 Å². The Morgan fingerprint density at radius 2 is 2.12 bits per heavy atom. The Morgan fingerprint density at radius 1 is 1.31 bits per heavy atom. The van der Waals surface area contributed by atoms with Crippen molar-refractivity contribution in [2.75, 3.05) is 31.2 Å². The van der Waals surface area contributed by atoms with E-state index in [-0.39, 0.29) is 0 Å². The van der Waals surface area contributed by atoms with Crippen LogP contribution in [0.4, 0.5) is 5.69 Å². The number of nitrogens with zero attached hydrogens (tertiary/aromatic N) is 2. The monoisotopic (exact) mass is 234 g/mol. The van der Waals surface area contributed by atoms with E-state index in [0.29, 0.717) is 0 Å². The van der Waals surface area contributed by atoms with Gasteiger partial charge in [0.05, 0.1) is 28.4 Å². The van der Waals surface area contributed by atoms with Crippen molar-refractivity contribution in [1.82, 2.24) is 4.98 Å². The minimum atomic E-state index is 0.828. The van der Waals surface area contributed by atoms with E-state index in [1.54, 1.807) is 11.3 Å². The molecule has 2 aromatic rings. The third-order valence-corrected chi connectivity index (χ3v) is 3.81. The molecule has 0 unspecified atom stereocenters. The molecule has 1 fully saturated rings. The number of morpholine rings is 1. The van der Waals surface area contributed by atoms with E-state index in [1.165, 1.54) is 10.4 Å². The van der Waals surface area contributed by atoms with Crippen molar-refractivity contribution in [2.45, 2.75) is 6.92 Å². The number of hydrogen-bond acceptors (Lipinski definition) is 4. The molecule has 0 saturated carbocycles. The van der Waals surface area contributed by atoms with Crippen molar-refractivity contribution < 1.29 is 4.74 Å². The van der Waals surface area contributed by atoms with Crippen LogP contribution in [0.25, 0.3) is 10.2 Å². The summed E-state index contributed by atoms with van der Waals surface area (Å²) in [6, 6.07) is 6.54. The summed E-state index contributed by atoms with van der Waals surface area (Å²) in [5.74, 6) is 0. The number of rotatable bonds is 1. The average molecular weight is 234 g/mol. The van der Waals surface area contributed by atoms with E-state index in [0.717, 1.165) is 36.8 Å². The Kier molecular flexibility index (Phi) is 2.53. The SMILES string of the molecule is Cc1nc2cc(N3CCOCC3)ccc2s1. The highest BCUT2D eigenvalue weighted by Crippen LogP contribution is 2.26. The van der Waals surface area contributed by atoms with Crippen LogP contribution in [0.5, 0.6) is 0 Å². The lowest BCUT2D eigenvalue weighted by Crippen LogP contribution is -2.36. The van der Waals surface area contributed by atoms with E-state index in [1.807, 2.05) is 0 Å². The number of fused-ring (bicyclic) bond motifs is 1. The Hall–Kier alpha value is -1.13. The molecule has 2 heterocycles. The highest BCUT2D eigenvalue weighted by molar-refractivity contribution is 7.18. The highest BCUT2D eigenvalue weighted by Gasteiger charge is 2.12. The zero-order chi connectivity index (χ0) is 11.0. The fraction of sp³-hybridized carbons (Fsp3) is 0.417. The molecular weight excluding hydrogens is 220 g/mol. The van der Waals surface area contributed by atoms with Gasteiger partial charge in [0, 0.05) is 18.8 Å². The van der Waals surface area contributed by atoms with Crippen molar-refractivity contribution >= 4 is 27.2 Å². The summed E-state index contributed by atoms with van der Waals surface area (Å²) >= 11 is 1.75. The van der Waals surface area contributed by atoms with Gasteiger partial charge in [-0.25, -0.2) is 4.98 Å². The van der Waals surface area contributed by atoms with Gasteiger partial charge < -0.3 is 9.64 Å². The lowest BCUT2D eigenvalue weighted by atomic mass is 10.2. The Bertz CT molecular complexity index is 503. The first-order valence-electron chi connectivity index (χ1n) is 5.53. The number of thiazole rings is 1.